The largest absolute Gasteiger partial charge is 0.311 e. The van der Waals surface area contributed by atoms with E-state index in [0.29, 0.717) is 0 Å². The quantitative estimate of drug-likeness (QED) is 0.179. The van der Waals surface area contributed by atoms with Gasteiger partial charge in [-0.1, -0.05) is 91.4 Å². The van der Waals surface area contributed by atoms with E-state index >= 15 is 0 Å². The number of hydrogen-bond donors (Lipinski definition) is 0. The Hall–Kier alpha value is -4.82. The molecule has 244 valence electrons. The van der Waals surface area contributed by atoms with Crippen LogP contribution in [0.25, 0.3) is 21.5 Å². The molecule has 0 fully saturated rings. The second-order valence-electron chi connectivity index (χ2n) is 13.2. The molecule has 2 heteroatoms. The predicted molar refractivity (Wildman–Crippen MR) is 211 cm³/mol. The normalized spacial score (nSPS) is 15.3. The zero-order valence-electron chi connectivity index (χ0n) is 29.7. The Morgan fingerprint density at radius 3 is 2.23 bits per heavy atom. The molecule has 0 heterocycles. The van der Waals surface area contributed by atoms with Crippen molar-refractivity contribution >= 4 is 38.6 Å². The first-order valence-corrected chi connectivity index (χ1v) is 17.8. The van der Waals surface area contributed by atoms with Gasteiger partial charge in [0, 0.05) is 33.9 Å². The van der Waals surface area contributed by atoms with Crippen LogP contribution in [0.4, 0.5) is 17.1 Å². The number of fused-ring (bicyclic) bond motifs is 1. The van der Waals surface area contributed by atoms with Crippen molar-refractivity contribution in [2.45, 2.75) is 80.1 Å². The maximum absolute atomic E-state index is 2.49. The molecule has 2 nitrogen and oxygen atoms in total. The Kier molecular flexibility index (Phi) is 10.3. The predicted octanol–water partition coefficient (Wildman–Crippen LogP) is 13.5. The highest BCUT2D eigenvalue weighted by molar-refractivity contribution is 6.10. The Labute approximate surface area is 288 Å². The molecular weight excluding hydrogens is 581 g/mol. The molecule has 0 N–H and O–H groups in total. The van der Waals surface area contributed by atoms with Crippen LogP contribution in [-0.2, 0) is 0 Å². The Morgan fingerprint density at radius 2 is 1.48 bits per heavy atom. The van der Waals surface area contributed by atoms with Crippen molar-refractivity contribution in [3.05, 3.63) is 161 Å². The van der Waals surface area contributed by atoms with Gasteiger partial charge in [-0.3, -0.25) is 0 Å². The van der Waals surface area contributed by atoms with Gasteiger partial charge in [0.2, 0.25) is 0 Å². The summed E-state index contributed by atoms with van der Waals surface area (Å²) in [5, 5.41) is 5.07. The van der Waals surface area contributed by atoms with Crippen LogP contribution in [0.5, 0.6) is 0 Å². The summed E-state index contributed by atoms with van der Waals surface area (Å²) in [6.07, 6.45) is 24.9. The van der Waals surface area contributed by atoms with Gasteiger partial charge in [0.1, 0.15) is 0 Å². The zero-order valence-corrected chi connectivity index (χ0v) is 29.7. The van der Waals surface area contributed by atoms with Crippen LogP contribution in [0.15, 0.2) is 144 Å². The summed E-state index contributed by atoms with van der Waals surface area (Å²) in [7, 11) is 0. The van der Waals surface area contributed by atoms with Gasteiger partial charge in [0.15, 0.2) is 0 Å². The number of benzene rings is 3. The summed E-state index contributed by atoms with van der Waals surface area (Å²) in [6, 6.07) is 27.6. The molecule has 0 saturated heterocycles. The SMILES string of the molecule is C/C=C(\C=C/CC)N(C1=CCCC=C1)c1ccc2ccc3c(N(C4=C(C)CCCC=C4)c4ccc(C)cc4)ccc(ccc1C)c3c2C. The van der Waals surface area contributed by atoms with Gasteiger partial charge in [0.05, 0.1) is 5.69 Å². The van der Waals surface area contributed by atoms with E-state index in [9.17, 15) is 0 Å². The number of hydrogen-bond acceptors (Lipinski definition) is 2. The molecule has 0 amide bonds. The lowest BCUT2D eigenvalue weighted by Gasteiger charge is -2.30. The molecule has 2 aliphatic rings. The number of allylic oxidation sites excluding steroid dienone is 9. The molecule has 0 radical (unpaired) electrons. The van der Waals surface area contributed by atoms with E-state index in [4.69, 9.17) is 0 Å². The third kappa shape index (κ3) is 6.76. The second kappa shape index (κ2) is 14.9. The number of nitrogens with zero attached hydrogens (tertiary/aromatic N) is 2. The molecule has 0 saturated carbocycles. The highest BCUT2D eigenvalue weighted by Crippen LogP contribution is 2.41. The monoisotopic (exact) mass is 630 g/mol. The molecule has 2 aliphatic carbocycles. The van der Waals surface area contributed by atoms with Gasteiger partial charge in [-0.2, -0.15) is 0 Å². The van der Waals surface area contributed by atoms with E-state index in [1.54, 1.807) is 0 Å². The first kappa shape index (κ1) is 33.1. The molecule has 6 rings (SSSR count). The summed E-state index contributed by atoms with van der Waals surface area (Å²) in [6.45, 7) is 13.3. The van der Waals surface area contributed by atoms with Crippen molar-refractivity contribution in [1.29, 1.82) is 0 Å². The average molecular weight is 631 g/mol. The topological polar surface area (TPSA) is 6.48 Å². The van der Waals surface area contributed by atoms with Crippen LogP contribution in [0.1, 0.15) is 76.0 Å². The summed E-state index contributed by atoms with van der Waals surface area (Å²) >= 11 is 0. The molecule has 4 aromatic carbocycles. The lowest BCUT2D eigenvalue weighted by atomic mass is 9.95. The van der Waals surface area contributed by atoms with Gasteiger partial charge in [-0.15, -0.1) is 0 Å². The molecule has 0 atom stereocenters. The van der Waals surface area contributed by atoms with E-state index < -0.39 is 0 Å². The Balaban J connectivity index is 1.59. The zero-order chi connectivity index (χ0) is 33.6. The minimum absolute atomic E-state index is 1.00. The summed E-state index contributed by atoms with van der Waals surface area (Å²) < 4.78 is 0. The molecule has 2 bridgehead atoms. The molecular formula is C46H50N2. The molecule has 4 aromatic rings. The van der Waals surface area contributed by atoms with Crippen LogP contribution >= 0.6 is 0 Å². The van der Waals surface area contributed by atoms with E-state index in [2.05, 4.69) is 173 Å². The molecule has 0 unspecified atom stereocenters. The second-order valence-corrected chi connectivity index (χ2v) is 13.2. The lowest BCUT2D eigenvalue weighted by molar-refractivity contribution is 0.836. The smallest absolute Gasteiger partial charge is 0.0540 e. The van der Waals surface area contributed by atoms with Gasteiger partial charge < -0.3 is 9.80 Å². The van der Waals surface area contributed by atoms with Crippen molar-refractivity contribution in [1.82, 2.24) is 0 Å². The Morgan fingerprint density at radius 1 is 0.750 bits per heavy atom. The van der Waals surface area contributed by atoms with Crippen LogP contribution in [-0.4, -0.2) is 0 Å². The number of anilines is 3. The molecule has 48 heavy (non-hydrogen) atoms. The van der Waals surface area contributed by atoms with Crippen molar-refractivity contribution < 1.29 is 0 Å². The van der Waals surface area contributed by atoms with E-state index in [-0.39, 0.29) is 0 Å². The lowest BCUT2D eigenvalue weighted by Crippen LogP contribution is -2.21. The summed E-state index contributed by atoms with van der Waals surface area (Å²) in [4.78, 5) is 4.91. The van der Waals surface area contributed by atoms with Crippen molar-refractivity contribution in [3.8, 4) is 0 Å². The summed E-state index contributed by atoms with van der Waals surface area (Å²) in [5.41, 5.74) is 12.5. The minimum atomic E-state index is 1.00. The number of rotatable bonds is 8. The van der Waals surface area contributed by atoms with Crippen molar-refractivity contribution in [2.75, 3.05) is 9.80 Å². The standard InChI is InChI=1S/C46H50N2/c1-7-9-17-39(8-2)47(40-18-13-11-14-19-40)44-31-26-37-25-30-42-45(32-27-38(24-23-35(44)5)46(42)36(37)6)48(41-28-21-33(3)22-29-41)43-20-15-10-12-16-34(43)4/h8-9,13,15,17-32H,7,10-12,14,16H2,1-6H3/b17-9-,24-23?,31-26?,35-23?,37-26?,38-24?,39-8+,44-31?,44-35?. The fourth-order valence-electron chi connectivity index (χ4n) is 7.07. The van der Waals surface area contributed by atoms with Gasteiger partial charge in [0.25, 0.3) is 0 Å². The van der Waals surface area contributed by atoms with Gasteiger partial charge in [-0.05, 0) is 148 Å². The number of aryl methyl sites for hydroxylation is 3. The van der Waals surface area contributed by atoms with E-state index in [0.717, 1.165) is 32.1 Å². The highest BCUT2D eigenvalue weighted by Gasteiger charge is 2.21. The third-order valence-electron chi connectivity index (χ3n) is 9.79. The fourth-order valence-corrected chi connectivity index (χ4v) is 7.07. The third-order valence-corrected chi connectivity index (χ3v) is 9.79. The first-order valence-electron chi connectivity index (χ1n) is 17.8. The average Bonchev–Trinajstić information content (AvgIpc) is 3.32. The molecule has 0 spiro atoms. The highest BCUT2D eigenvalue weighted by atomic mass is 15.2. The van der Waals surface area contributed by atoms with Gasteiger partial charge in [-0.25, -0.2) is 0 Å². The maximum atomic E-state index is 2.49. The fraction of sp³-hybridized carbons (Fsp3) is 0.261. The van der Waals surface area contributed by atoms with E-state index in [1.807, 2.05) is 0 Å². The molecule has 0 aliphatic heterocycles. The van der Waals surface area contributed by atoms with Crippen LogP contribution in [0.3, 0.4) is 0 Å². The van der Waals surface area contributed by atoms with Crippen LogP contribution in [0, 0.1) is 20.8 Å². The maximum Gasteiger partial charge on any atom is 0.0540 e. The molecule has 0 aromatic heterocycles. The van der Waals surface area contributed by atoms with Crippen LogP contribution < -0.4 is 9.80 Å². The van der Waals surface area contributed by atoms with Gasteiger partial charge >= 0.3 is 0 Å². The first-order chi connectivity index (χ1) is 23.4. The van der Waals surface area contributed by atoms with Crippen molar-refractivity contribution in [2.24, 2.45) is 0 Å². The van der Waals surface area contributed by atoms with Crippen LogP contribution in [0.2, 0.25) is 0 Å². The summed E-state index contributed by atoms with van der Waals surface area (Å²) in [5.74, 6) is 0. The Bertz CT molecular complexity index is 2030. The van der Waals surface area contributed by atoms with Crippen molar-refractivity contribution in [3.63, 3.8) is 0 Å². The van der Waals surface area contributed by atoms with E-state index in [1.165, 1.54) is 84.4 Å². The minimum Gasteiger partial charge on any atom is -0.311 e.